The molecule has 2 aromatic heterocycles. The number of ether oxygens (including phenoxy) is 2. The molecule has 26 heavy (non-hydrogen) atoms. The Labute approximate surface area is 162 Å². The molecule has 3 aromatic rings. The van der Waals surface area contributed by atoms with Gasteiger partial charge in [-0.2, -0.15) is 8.42 Å². The summed E-state index contributed by atoms with van der Waals surface area (Å²) in [6, 6.07) is 6.57. The van der Waals surface area contributed by atoms with E-state index >= 15 is 0 Å². The van der Waals surface area contributed by atoms with Crippen molar-refractivity contribution in [3.63, 3.8) is 0 Å². The van der Waals surface area contributed by atoms with Crippen molar-refractivity contribution in [1.29, 1.82) is 0 Å². The van der Waals surface area contributed by atoms with Gasteiger partial charge in [0.15, 0.2) is 11.5 Å². The molecular formula is C16H11ClN2O4S3. The van der Waals surface area contributed by atoms with Gasteiger partial charge < -0.3 is 14.0 Å². The second-order valence-corrected chi connectivity index (χ2v) is 9.82. The Kier molecular flexibility index (Phi) is 4.44. The van der Waals surface area contributed by atoms with Crippen molar-refractivity contribution in [1.82, 2.24) is 4.57 Å². The van der Waals surface area contributed by atoms with Crippen molar-refractivity contribution < 1.29 is 17.9 Å². The van der Waals surface area contributed by atoms with Gasteiger partial charge in [-0.25, -0.2) is 0 Å². The van der Waals surface area contributed by atoms with E-state index in [1.54, 1.807) is 10.6 Å². The number of thiophene rings is 1. The number of halogens is 1. The third kappa shape index (κ3) is 3.10. The number of fused-ring (bicyclic) bond motifs is 2. The van der Waals surface area contributed by atoms with Crippen LogP contribution in [0.4, 0.5) is 0 Å². The minimum Gasteiger partial charge on any atom is -0.486 e. The Balaban J connectivity index is 1.94. The molecule has 0 spiro atoms. The summed E-state index contributed by atoms with van der Waals surface area (Å²) in [5.74, 6) is 3.76. The fourth-order valence-electron chi connectivity index (χ4n) is 2.50. The van der Waals surface area contributed by atoms with Gasteiger partial charge in [0.2, 0.25) is 4.80 Å². The maximum absolute atomic E-state index is 12.6. The molecule has 0 saturated heterocycles. The van der Waals surface area contributed by atoms with Gasteiger partial charge in [0, 0.05) is 12.1 Å². The first-order chi connectivity index (χ1) is 12.5. The third-order valence-electron chi connectivity index (χ3n) is 3.60. The summed E-state index contributed by atoms with van der Waals surface area (Å²) in [6.07, 6.45) is 5.47. The second kappa shape index (κ2) is 6.63. The standard InChI is InChI=1S/C16H11ClN2O4S3/c1-2-5-19-10-8-11-12(23-7-6-22-11)9-13(10)24-16(19)18-26(20,21)15-4-3-14(17)25-15/h1,3-4,8-9H,5-7H2/b18-16-. The molecular weight excluding hydrogens is 416 g/mol. The second-order valence-electron chi connectivity index (χ2n) is 5.26. The summed E-state index contributed by atoms with van der Waals surface area (Å²) >= 11 is 8.02. The maximum atomic E-state index is 12.6. The number of rotatable bonds is 3. The minimum absolute atomic E-state index is 0.0816. The first-order valence-electron chi connectivity index (χ1n) is 7.41. The molecule has 4 rings (SSSR count). The van der Waals surface area contributed by atoms with Gasteiger partial charge in [-0.3, -0.25) is 0 Å². The lowest BCUT2D eigenvalue weighted by Gasteiger charge is -2.18. The van der Waals surface area contributed by atoms with Crippen LogP contribution in [0, 0.1) is 12.3 Å². The highest BCUT2D eigenvalue weighted by molar-refractivity contribution is 7.92. The van der Waals surface area contributed by atoms with Crippen LogP contribution in [0.25, 0.3) is 10.2 Å². The van der Waals surface area contributed by atoms with Crippen LogP contribution in [-0.2, 0) is 16.6 Å². The smallest absolute Gasteiger partial charge is 0.294 e. The number of terminal acetylenes is 1. The van der Waals surface area contributed by atoms with Crippen molar-refractivity contribution in [2.24, 2.45) is 4.40 Å². The van der Waals surface area contributed by atoms with Gasteiger partial charge in [0.05, 0.1) is 21.1 Å². The molecule has 0 fully saturated rings. The van der Waals surface area contributed by atoms with E-state index in [-0.39, 0.29) is 15.6 Å². The van der Waals surface area contributed by atoms with Gasteiger partial charge in [0.1, 0.15) is 17.4 Å². The lowest BCUT2D eigenvalue weighted by atomic mass is 10.2. The summed E-state index contributed by atoms with van der Waals surface area (Å²) in [7, 11) is -3.88. The highest BCUT2D eigenvalue weighted by Gasteiger charge is 2.19. The Bertz CT molecular complexity index is 1210. The van der Waals surface area contributed by atoms with Gasteiger partial charge in [-0.1, -0.05) is 28.9 Å². The van der Waals surface area contributed by atoms with Crippen LogP contribution >= 0.6 is 34.3 Å². The summed E-state index contributed by atoms with van der Waals surface area (Å²) in [5, 5.41) is 0. The van der Waals surface area contributed by atoms with Crippen molar-refractivity contribution >= 4 is 54.5 Å². The first kappa shape index (κ1) is 17.4. The molecule has 0 amide bonds. The Hall–Kier alpha value is -1.99. The van der Waals surface area contributed by atoms with Gasteiger partial charge in [0.25, 0.3) is 10.0 Å². The largest absolute Gasteiger partial charge is 0.486 e. The summed E-state index contributed by atoms with van der Waals surface area (Å²) in [5.41, 5.74) is 0.746. The number of thiazole rings is 1. The van der Waals surface area contributed by atoms with E-state index in [1.165, 1.54) is 23.5 Å². The predicted molar refractivity (Wildman–Crippen MR) is 102 cm³/mol. The first-order valence-corrected chi connectivity index (χ1v) is 10.9. The van der Waals surface area contributed by atoms with Crippen LogP contribution in [0.2, 0.25) is 4.34 Å². The number of aromatic nitrogens is 1. The molecule has 6 nitrogen and oxygen atoms in total. The Morgan fingerprint density at radius 3 is 2.62 bits per heavy atom. The molecule has 0 N–H and O–H groups in total. The third-order valence-corrected chi connectivity index (χ3v) is 7.72. The van der Waals surface area contributed by atoms with E-state index in [4.69, 9.17) is 27.5 Å². The van der Waals surface area contributed by atoms with E-state index in [2.05, 4.69) is 10.3 Å². The van der Waals surface area contributed by atoms with Crippen LogP contribution in [-0.4, -0.2) is 26.2 Å². The Morgan fingerprint density at radius 2 is 1.96 bits per heavy atom. The van der Waals surface area contributed by atoms with Gasteiger partial charge in [-0.15, -0.1) is 22.2 Å². The molecule has 134 valence electrons. The molecule has 3 heterocycles. The van der Waals surface area contributed by atoms with Gasteiger partial charge in [-0.05, 0) is 12.1 Å². The highest BCUT2D eigenvalue weighted by Crippen LogP contribution is 2.35. The van der Waals surface area contributed by atoms with E-state index < -0.39 is 10.0 Å². The summed E-state index contributed by atoms with van der Waals surface area (Å²) in [4.78, 5) is 0.282. The quantitative estimate of drug-likeness (QED) is 0.603. The monoisotopic (exact) mass is 426 g/mol. The number of hydrogen-bond donors (Lipinski definition) is 0. The minimum atomic E-state index is -3.88. The predicted octanol–water partition coefficient (Wildman–Crippen LogP) is 3.11. The van der Waals surface area contributed by atoms with Crippen LogP contribution in [0.1, 0.15) is 0 Å². The van der Waals surface area contributed by atoms with Crippen LogP contribution < -0.4 is 14.3 Å². The van der Waals surface area contributed by atoms with Crippen molar-refractivity contribution in [2.45, 2.75) is 10.8 Å². The van der Waals surface area contributed by atoms with Crippen LogP contribution in [0.3, 0.4) is 0 Å². The molecule has 0 atom stereocenters. The zero-order valence-electron chi connectivity index (χ0n) is 13.1. The number of benzene rings is 1. The van der Waals surface area contributed by atoms with Crippen LogP contribution in [0.15, 0.2) is 32.9 Å². The number of nitrogens with zero attached hydrogens (tertiary/aromatic N) is 2. The van der Waals surface area contributed by atoms with Crippen molar-refractivity contribution in [3.05, 3.63) is 33.4 Å². The molecule has 1 aliphatic rings. The highest BCUT2D eigenvalue weighted by atomic mass is 35.5. The van der Waals surface area contributed by atoms with Crippen molar-refractivity contribution in [2.75, 3.05) is 13.2 Å². The lowest BCUT2D eigenvalue weighted by molar-refractivity contribution is 0.172. The molecule has 0 saturated carbocycles. The zero-order valence-corrected chi connectivity index (χ0v) is 16.3. The fourth-order valence-corrected chi connectivity index (χ4v) is 6.21. The molecule has 1 aromatic carbocycles. The van der Waals surface area contributed by atoms with E-state index in [0.29, 0.717) is 29.0 Å². The zero-order chi connectivity index (χ0) is 18.3. The molecule has 0 bridgehead atoms. The van der Waals surface area contributed by atoms with E-state index in [9.17, 15) is 8.42 Å². The van der Waals surface area contributed by atoms with Crippen molar-refractivity contribution in [3.8, 4) is 23.8 Å². The molecule has 0 unspecified atom stereocenters. The van der Waals surface area contributed by atoms with Gasteiger partial charge >= 0.3 is 0 Å². The Morgan fingerprint density at radius 1 is 1.23 bits per heavy atom. The topological polar surface area (TPSA) is 69.9 Å². The van der Waals surface area contributed by atoms with Crippen LogP contribution in [0.5, 0.6) is 11.5 Å². The average molecular weight is 427 g/mol. The van der Waals surface area contributed by atoms with E-state index in [0.717, 1.165) is 21.6 Å². The average Bonchev–Trinajstić information content (AvgIpc) is 3.18. The normalized spacial score (nSPS) is 14.5. The SMILES string of the molecule is C#CCn1/c(=N/S(=O)(=O)c2ccc(Cl)s2)sc2cc3c(cc21)OCCO3. The molecule has 0 radical (unpaired) electrons. The number of hydrogen-bond acceptors (Lipinski definition) is 6. The summed E-state index contributed by atoms with van der Waals surface area (Å²) < 4.78 is 43.3. The number of sulfonamides is 1. The maximum Gasteiger partial charge on any atom is 0.294 e. The fraction of sp³-hybridized carbons (Fsp3) is 0.188. The molecule has 10 heteroatoms. The molecule has 1 aliphatic heterocycles. The van der Waals surface area contributed by atoms with E-state index in [1.807, 2.05) is 6.07 Å². The lowest BCUT2D eigenvalue weighted by Crippen LogP contribution is -2.17. The molecule has 0 aliphatic carbocycles. The summed E-state index contributed by atoms with van der Waals surface area (Å²) in [6.45, 7) is 1.11.